The predicted molar refractivity (Wildman–Crippen MR) is 85.2 cm³/mol. The van der Waals surface area contributed by atoms with Gasteiger partial charge < -0.3 is 9.47 Å². The van der Waals surface area contributed by atoms with Gasteiger partial charge in [0.05, 0.1) is 25.0 Å². The molecule has 5 heteroatoms. The normalized spacial score (nSPS) is 11.1. The van der Waals surface area contributed by atoms with Gasteiger partial charge in [0.1, 0.15) is 5.75 Å². The van der Waals surface area contributed by atoms with E-state index in [0.717, 1.165) is 39.6 Å². The monoisotopic (exact) mass is 297 g/mol. The van der Waals surface area contributed by atoms with Crippen molar-refractivity contribution < 1.29 is 9.47 Å². The minimum absolute atomic E-state index is 0.448. The molecule has 2 aromatic heterocycles. The highest BCUT2D eigenvalue weighted by Crippen LogP contribution is 2.30. The van der Waals surface area contributed by atoms with Crippen LogP contribution in [-0.2, 0) is 11.3 Å². The SMILES string of the molecule is COCc1nn2c(C)cc(C)nc2c1-c1ccc(OC)cc1. The van der Waals surface area contributed by atoms with Gasteiger partial charge in [0, 0.05) is 18.5 Å². The van der Waals surface area contributed by atoms with Gasteiger partial charge >= 0.3 is 0 Å². The van der Waals surface area contributed by atoms with Gasteiger partial charge in [-0.3, -0.25) is 0 Å². The summed E-state index contributed by atoms with van der Waals surface area (Å²) in [5.41, 5.74) is 5.84. The highest BCUT2D eigenvalue weighted by molar-refractivity contribution is 5.80. The van der Waals surface area contributed by atoms with Crippen molar-refractivity contribution in [2.45, 2.75) is 20.5 Å². The molecule has 22 heavy (non-hydrogen) atoms. The Balaban J connectivity index is 2.26. The van der Waals surface area contributed by atoms with Crippen LogP contribution in [0.2, 0.25) is 0 Å². The Bertz CT molecular complexity index is 807. The number of aryl methyl sites for hydroxylation is 2. The van der Waals surface area contributed by atoms with E-state index in [-0.39, 0.29) is 0 Å². The molecule has 0 atom stereocenters. The second kappa shape index (κ2) is 5.77. The first-order valence-corrected chi connectivity index (χ1v) is 7.13. The summed E-state index contributed by atoms with van der Waals surface area (Å²) in [5.74, 6) is 0.828. The van der Waals surface area contributed by atoms with Gasteiger partial charge in [-0.25, -0.2) is 9.50 Å². The zero-order chi connectivity index (χ0) is 15.7. The van der Waals surface area contributed by atoms with Crippen molar-refractivity contribution in [3.8, 4) is 16.9 Å². The van der Waals surface area contributed by atoms with E-state index in [1.807, 2.05) is 48.7 Å². The van der Waals surface area contributed by atoms with Crippen molar-refractivity contribution in [1.29, 1.82) is 0 Å². The van der Waals surface area contributed by atoms with Crippen molar-refractivity contribution in [2.24, 2.45) is 0 Å². The number of nitrogens with zero attached hydrogens (tertiary/aromatic N) is 3. The standard InChI is InChI=1S/C17H19N3O2/c1-11-9-12(2)20-17(18-11)16(15(19-20)10-21-3)13-5-7-14(22-4)8-6-13/h5-9H,10H2,1-4H3. The third-order valence-corrected chi connectivity index (χ3v) is 3.63. The largest absolute Gasteiger partial charge is 0.497 e. The van der Waals surface area contributed by atoms with Crippen LogP contribution < -0.4 is 4.74 Å². The lowest BCUT2D eigenvalue weighted by molar-refractivity contribution is 0.181. The molecular weight excluding hydrogens is 278 g/mol. The van der Waals surface area contributed by atoms with Gasteiger partial charge in [-0.2, -0.15) is 5.10 Å². The fourth-order valence-corrected chi connectivity index (χ4v) is 2.66. The Morgan fingerprint density at radius 1 is 1.09 bits per heavy atom. The van der Waals surface area contributed by atoms with Crippen LogP contribution >= 0.6 is 0 Å². The van der Waals surface area contributed by atoms with Crippen molar-refractivity contribution in [3.05, 3.63) is 47.4 Å². The number of fused-ring (bicyclic) bond motifs is 1. The molecule has 0 N–H and O–H groups in total. The zero-order valence-corrected chi connectivity index (χ0v) is 13.3. The van der Waals surface area contributed by atoms with E-state index in [2.05, 4.69) is 10.1 Å². The van der Waals surface area contributed by atoms with Gasteiger partial charge in [-0.1, -0.05) is 12.1 Å². The van der Waals surface area contributed by atoms with Crippen molar-refractivity contribution in [1.82, 2.24) is 14.6 Å². The Labute approximate surface area is 129 Å². The molecule has 0 aliphatic heterocycles. The van der Waals surface area contributed by atoms with E-state index < -0.39 is 0 Å². The maximum absolute atomic E-state index is 5.31. The minimum Gasteiger partial charge on any atom is -0.497 e. The summed E-state index contributed by atoms with van der Waals surface area (Å²) in [6, 6.07) is 9.95. The Morgan fingerprint density at radius 3 is 2.45 bits per heavy atom. The molecule has 0 unspecified atom stereocenters. The molecule has 0 spiro atoms. The van der Waals surface area contributed by atoms with Crippen LogP contribution in [0.15, 0.2) is 30.3 Å². The lowest BCUT2D eigenvalue weighted by Crippen LogP contribution is -1.97. The predicted octanol–water partition coefficient (Wildman–Crippen LogP) is 3.17. The van der Waals surface area contributed by atoms with Crippen molar-refractivity contribution in [3.63, 3.8) is 0 Å². The molecule has 0 bridgehead atoms. The van der Waals surface area contributed by atoms with Gasteiger partial charge in [-0.15, -0.1) is 0 Å². The Morgan fingerprint density at radius 2 is 1.82 bits per heavy atom. The van der Waals surface area contributed by atoms with Crippen LogP contribution in [0.4, 0.5) is 0 Å². The molecule has 114 valence electrons. The average molecular weight is 297 g/mol. The molecule has 0 saturated heterocycles. The van der Waals surface area contributed by atoms with Crippen LogP contribution in [0.1, 0.15) is 17.1 Å². The molecule has 3 rings (SSSR count). The van der Waals surface area contributed by atoms with E-state index in [0.29, 0.717) is 6.61 Å². The zero-order valence-electron chi connectivity index (χ0n) is 13.3. The van der Waals surface area contributed by atoms with E-state index in [9.17, 15) is 0 Å². The highest BCUT2D eigenvalue weighted by atomic mass is 16.5. The van der Waals surface area contributed by atoms with Gasteiger partial charge in [-0.05, 0) is 37.6 Å². The number of rotatable bonds is 4. The summed E-state index contributed by atoms with van der Waals surface area (Å²) in [6.45, 7) is 4.47. The second-order valence-electron chi connectivity index (χ2n) is 5.26. The summed E-state index contributed by atoms with van der Waals surface area (Å²) in [4.78, 5) is 4.67. The molecular formula is C17H19N3O2. The smallest absolute Gasteiger partial charge is 0.163 e. The maximum atomic E-state index is 5.31. The van der Waals surface area contributed by atoms with Gasteiger partial charge in [0.25, 0.3) is 0 Å². The lowest BCUT2D eigenvalue weighted by atomic mass is 10.1. The molecule has 0 aliphatic carbocycles. The molecule has 2 heterocycles. The van der Waals surface area contributed by atoms with Crippen LogP contribution in [0.5, 0.6) is 5.75 Å². The molecule has 3 aromatic rings. The number of aromatic nitrogens is 3. The fraction of sp³-hybridized carbons (Fsp3) is 0.294. The topological polar surface area (TPSA) is 48.7 Å². The van der Waals surface area contributed by atoms with E-state index >= 15 is 0 Å². The van der Waals surface area contributed by atoms with E-state index in [1.54, 1.807) is 14.2 Å². The van der Waals surface area contributed by atoms with Crippen LogP contribution in [0.25, 0.3) is 16.8 Å². The molecule has 0 saturated carbocycles. The molecule has 0 amide bonds. The third kappa shape index (κ3) is 2.44. The van der Waals surface area contributed by atoms with E-state index in [1.165, 1.54) is 0 Å². The molecule has 5 nitrogen and oxygen atoms in total. The second-order valence-corrected chi connectivity index (χ2v) is 5.26. The van der Waals surface area contributed by atoms with Crippen molar-refractivity contribution in [2.75, 3.05) is 14.2 Å². The number of methoxy groups -OCH3 is 2. The van der Waals surface area contributed by atoms with Gasteiger partial charge in [0.2, 0.25) is 0 Å². The first-order valence-electron chi connectivity index (χ1n) is 7.13. The summed E-state index contributed by atoms with van der Waals surface area (Å²) in [5, 5.41) is 4.66. The first-order chi connectivity index (χ1) is 10.6. The Kier molecular flexibility index (Phi) is 3.81. The fourth-order valence-electron chi connectivity index (χ4n) is 2.66. The number of hydrogen-bond donors (Lipinski definition) is 0. The quantitative estimate of drug-likeness (QED) is 0.742. The average Bonchev–Trinajstić information content (AvgIpc) is 2.86. The third-order valence-electron chi connectivity index (χ3n) is 3.63. The lowest BCUT2D eigenvalue weighted by Gasteiger charge is -2.05. The highest BCUT2D eigenvalue weighted by Gasteiger charge is 2.17. The molecule has 0 radical (unpaired) electrons. The number of ether oxygens (including phenoxy) is 2. The molecule has 1 aromatic carbocycles. The maximum Gasteiger partial charge on any atom is 0.163 e. The van der Waals surface area contributed by atoms with Crippen LogP contribution in [-0.4, -0.2) is 28.8 Å². The number of benzene rings is 1. The summed E-state index contributed by atoms with van der Waals surface area (Å²) in [6.07, 6.45) is 0. The summed E-state index contributed by atoms with van der Waals surface area (Å²) >= 11 is 0. The van der Waals surface area contributed by atoms with Crippen LogP contribution in [0, 0.1) is 13.8 Å². The first kappa shape index (κ1) is 14.5. The molecule has 0 aliphatic rings. The minimum atomic E-state index is 0.448. The van der Waals surface area contributed by atoms with Crippen LogP contribution in [0.3, 0.4) is 0 Å². The Hall–Kier alpha value is -2.40. The van der Waals surface area contributed by atoms with E-state index in [4.69, 9.17) is 9.47 Å². The summed E-state index contributed by atoms with van der Waals surface area (Å²) < 4.78 is 12.4. The number of hydrogen-bond acceptors (Lipinski definition) is 4. The summed E-state index contributed by atoms with van der Waals surface area (Å²) in [7, 11) is 3.34. The van der Waals surface area contributed by atoms with Gasteiger partial charge in [0.15, 0.2) is 5.65 Å². The van der Waals surface area contributed by atoms with Crippen molar-refractivity contribution >= 4 is 5.65 Å². The molecule has 0 fully saturated rings.